The number of nitrogens with two attached hydrogens (primary N) is 1. The first-order valence-corrected chi connectivity index (χ1v) is 6.45. The van der Waals surface area contributed by atoms with Crippen LogP contribution in [-0.4, -0.2) is 36.7 Å². The Labute approximate surface area is 108 Å². The van der Waals surface area contributed by atoms with Gasteiger partial charge in [0.25, 0.3) is 0 Å². The summed E-state index contributed by atoms with van der Waals surface area (Å²) in [6.07, 6.45) is 0.423. The third kappa shape index (κ3) is 3.07. The van der Waals surface area contributed by atoms with Gasteiger partial charge in [-0.05, 0) is 31.5 Å². The Morgan fingerprint density at radius 3 is 2.33 bits per heavy atom. The van der Waals surface area contributed by atoms with Crippen LogP contribution in [0.25, 0.3) is 0 Å². The highest BCUT2D eigenvalue weighted by atomic mass is 19.1. The van der Waals surface area contributed by atoms with E-state index in [4.69, 9.17) is 10.5 Å². The van der Waals surface area contributed by atoms with Crippen molar-refractivity contribution in [3.8, 4) is 0 Å². The lowest BCUT2D eigenvalue weighted by Gasteiger charge is -2.40. The van der Waals surface area contributed by atoms with Crippen molar-refractivity contribution < 1.29 is 9.13 Å². The predicted octanol–water partition coefficient (Wildman–Crippen LogP) is 1.93. The van der Waals surface area contributed by atoms with E-state index in [9.17, 15) is 4.39 Å². The van der Waals surface area contributed by atoms with Gasteiger partial charge in [0.15, 0.2) is 0 Å². The minimum Gasteiger partial charge on any atom is -0.373 e. The van der Waals surface area contributed by atoms with Crippen molar-refractivity contribution >= 4 is 0 Å². The molecule has 2 rings (SSSR count). The molecule has 0 saturated carbocycles. The average molecular weight is 252 g/mol. The third-order valence-electron chi connectivity index (χ3n) is 3.37. The molecule has 3 nitrogen and oxygen atoms in total. The van der Waals surface area contributed by atoms with Crippen molar-refractivity contribution in [2.45, 2.75) is 32.1 Å². The van der Waals surface area contributed by atoms with Gasteiger partial charge in [0.1, 0.15) is 5.82 Å². The van der Waals surface area contributed by atoms with Crippen LogP contribution in [0, 0.1) is 5.82 Å². The molecule has 0 spiro atoms. The molecule has 0 aliphatic carbocycles. The topological polar surface area (TPSA) is 38.5 Å². The van der Waals surface area contributed by atoms with Crippen molar-refractivity contribution in [1.82, 2.24) is 4.90 Å². The molecular formula is C14H21FN2O. The van der Waals surface area contributed by atoms with Gasteiger partial charge in [0.05, 0.1) is 12.2 Å². The second-order valence-electron chi connectivity index (χ2n) is 5.01. The molecule has 2 N–H and O–H groups in total. The van der Waals surface area contributed by atoms with Crippen molar-refractivity contribution in [2.75, 3.05) is 19.6 Å². The lowest BCUT2D eigenvalue weighted by atomic mass is 10.0. The molecule has 1 aliphatic heterocycles. The second-order valence-corrected chi connectivity index (χ2v) is 5.01. The molecule has 1 saturated heterocycles. The van der Waals surface area contributed by atoms with Crippen LogP contribution in [0.15, 0.2) is 24.3 Å². The number of ether oxygens (including phenoxy) is 1. The normalized spacial score (nSPS) is 27.1. The van der Waals surface area contributed by atoms with Gasteiger partial charge in [-0.3, -0.25) is 4.90 Å². The minimum atomic E-state index is -0.210. The summed E-state index contributed by atoms with van der Waals surface area (Å²) >= 11 is 0. The van der Waals surface area contributed by atoms with Crippen LogP contribution >= 0.6 is 0 Å². The van der Waals surface area contributed by atoms with Crippen LogP contribution in [0.5, 0.6) is 0 Å². The maximum absolute atomic E-state index is 13.0. The summed E-state index contributed by atoms with van der Waals surface area (Å²) in [5, 5.41) is 0. The first kappa shape index (κ1) is 13.5. The van der Waals surface area contributed by atoms with Gasteiger partial charge in [0, 0.05) is 25.7 Å². The fourth-order valence-electron chi connectivity index (χ4n) is 2.65. The number of hydrogen-bond acceptors (Lipinski definition) is 3. The van der Waals surface area contributed by atoms with Crippen LogP contribution in [-0.2, 0) is 4.74 Å². The Bertz CT molecular complexity index is 372. The van der Waals surface area contributed by atoms with E-state index in [-0.39, 0.29) is 24.1 Å². The third-order valence-corrected chi connectivity index (χ3v) is 3.37. The number of benzene rings is 1. The summed E-state index contributed by atoms with van der Waals surface area (Å²) < 4.78 is 18.7. The molecule has 0 unspecified atom stereocenters. The zero-order valence-electron chi connectivity index (χ0n) is 11.0. The first-order valence-electron chi connectivity index (χ1n) is 6.45. The van der Waals surface area contributed by atoms with E-state index in [1.807, 2.05) is 12.1 Å². The van der Waals surface area contributed by atoms with Gasteiger partial charge in [-0.25, -0.2) is 4.39 Å². The second kappa shape index (κ2) is 5.78. The van der Waals surface area contributed by atoms with E-state index in [0.29, 0.717) is 6.54 Å². The van der Waals surface area contributed by atoms with Crippen LogP contribution in [0.2, 0.25) is 0 Å². The average Bonchev–Trinajstić information content (AvgIpc) is 2.31. The summed E-state index contributed by atoms with van der Waals surface area (Å²) in [6, 6.07) is 6.76. The van der Waals surface area contributed by atoms with Gasteiger partial charge in [0.2, 0.25) is 0 Å². The predicted molar refractivity (Wildman–Crippen MR) is 69.8 cm³/mol. The van der Waals surface area contributed by atoms with E-state index in [0.717, 1.165) is 18.7 Å². The summed E-state index contributed by atoms with van der Waals surface area (Å²) in [5.74, 6) is -0.210. The lowest BCUT2D eigenvalue weighted by Crippen LogP contribution is -2.48. The highest BCUT2D eigenvalue weighted by Crippen LogP contribution is 2.24. The highest BCUT2D eigenvalue weighted by Gasteiger charge is 2.28. The number of hydrogen-bond donors (Lipinski definition) is 1. The first-order chi connectivity index (χ1) is 8.60. The fraction of sp³-hybridized carbons (Fsp3) is 0.571. The van der Waals surface area contributed by atoms with Crippen LogP contribution in [0.3, 0.4) is 0 Å². The smallest absolute Gasteiger partial charge is 0.123 e. The largest absolute Gasteiger partial charge is 0.373 e. The number of halogens is 1. The maximum Gasteiger partial charge on any atom is 0.123 e. The van der Waals surface area contributed by atoms with Gasteiger partial charge in [-0.2, -0.15) is 0 Å². The summed E-state index contributed by atoms with van der Waals surface area (Å²) in [7, 11) is 0. The molecule has 18 heavy (non-hydrogen) atoms. The van der Waals surface area contributed by atoms with Gasteiger partial charge in [-0.15, -0.1) is 0 Å². The van der Waals surface area contributed by atoms with E-state index < -0.39 is 0 Å². The van der Waals surface area contributed by atoms with Crippen LogP contribution < -0.4 is 5.73 Å². The Hall–Kier alpha value is -0.970. The van der Waals surface area contributed by atoms with Gasteiger partial charge in [-0.1, -0.05) is 12.1 Å². The molecular weight excluding hydrogens is 231 g/mol. The zero-order valence-corrected chi connectivity index (χ0v) is 11.0. The molecule has 1 aromatic carbocycles. The molecule has 1 aromatic rings. The number of morpholine rings is 1. The van der Waals surface area contributed by atoms with Crippen LogP contribution in [0.4, 0.5) is 4.39 Å². The molecule has 3 atom stereocenters. The van der Waals surface area contributed by atoms with E-state index >= 15 is 0 Å². The molecule has 0 amide bonds. The quantitative estimate of drug-likeness (QED) is 0.893. The summed E-state index contributed by atoms with van der Waals surface area (Å²) in [5.41, 5.74) is 6.96. The SMILES string of the molecule is C[C@@H]1CN([C@@H](CN)c2ccc(F)cc2)C[C@@H](C)O1. The molecule has 0 radical (unpaired) electrons. The van der Waals surface area contributed by atoms with Crippen molar-refractivity contribution in [3.63, 3.8) is 0 Å². The Morgan fingerprint density at radius 2 is 1.83 bits per heavy atom. The monoisotopic (exact) mass is 252 g/mol. The molecule has 1 heterocycles. The Kier molecular flexibility index (Phi) is 4.32. The molecule has 0 aromatic heterocycles. The van der Waals surface area contributed by atoms with Crippen molar-refractivity contribution in [3.05, 3.63) is 35.6 Å². The van der Waals surface area contributed by atoms with Gasteiger partial charge < -0.3 is 10.5 Å². The standard InChI is InChI=1S/C14H21FN2O/c1-10-8-17(9-11(2)18-10)14(7-16)12-3-5-13(15)6-4-12/h3-6,10-11,14H,7-9,16H2,1-2H3/t10-,11-,14+/m1/s1. The van der Waals surface area contributed by atoms with Gasteiger partial charge >= 0.3 is 0 Å². The molecule has 100 valence electrons. The molecule has 4 heteroatoms. The van der Waals surface area contributed by atoms with Crippen LogP contribution in [0.1, 0.15) is 25.5 Å². The van der Waals surface area contributed by atoms with E-state index in [2.05, 4.69) is 18.7 Å². The Morgan fingerprint density at radius 1 is 1.28 bits per heavy atom. The lowest BCUT2D eigenvalue weighted by molar-refractivity contribution is -0.0799. The number of rotatable bonds is 3. The highest BCUT2D eigenvalue weighted by molar-refractivity contribution is 5.20. The minimum absolute atomic E-state index is 0.138. The fourth-order valence-corrected chi connectivity index (χ4v) is 2.65. The number of nitrogens with zero attached hydrogens (tertiary/aromatic N) is 1. The van der Waals surface area contributed by atoms with E-state index in [1.54, 1.807) is 0 Å². The molecule has 1 fully saturated rings. The zero-order chi connectivity index (χ0) is 13.1. The van der Waals surface area contributed by atoms with Crippen molar-refractivity contribution in [1.29, 1.82) is 0 Å². The maximum atomic E-state index is 13.0. The molecule has 1 aliphatic rings. The Balaban J connectivity index is 2.14. The van der Waals surface area contributed by atoms with E-state index in [1.165, 1.54) is 12.1 Å². The van der Waals surface area contributed by atoms with Crippen molar-refractivity contribution in [2.24, 2.45) is 5.73 Å². The summed E-state index contributed by atoms with van der Waals surface area (Å²) in [4.78, 5) is 2.33. The molecule has 0 bridgehead atoms. The summed E-state index contributed by atoms with van der Waals surface area (Å²) in [6.45, 7) is 6.40.